The fourth-order valence-corrected chi connectivity index (χ4v) is 7.55. The first-order chi connectivity index (χ1) is 34.4. The van der Waals surface area contributed by atoms with Crippen molar-refractivity contribution in [2.45, 2.75) is 9.79 Å². The van der Waals surface area contributed by atoms with E-state index in [0.29, 0.717) is 0 Å². The molecule has 0 bridgehead atoms. The summed E-state index contributed by atoms with van der Waals surface area (Å²) in [4.78, 5) is 56.7. The molecule has 0 atom stereocenters. The zero-order valence-corrected chi connectivity index (χ0v) is 44.6. The van der Waals surface area contributed by atoms with Crippen LogP contribution in [0, 0.1) is 80.8 Å². The number of carboxylic acids is 4. The first-order valence-corrected chi connectivity index (χ1v) is 23.4. The van der Waals surface area contributed by atoms with Gasteiger partial charge in [0.05, 0.1) is 55.7 Å². The van der Waals surface area contributed by atoms with E-state index in [-0.39, 0.29) is 91.9 Å². The van der Waals surface area contributed by atoms with Crippen LogP contribution in [-0.2, 0) is 20.2 Å². The second kappa shape index (κ2) is 29.9. The number of hydrogen-bond acceptors (Lipinski definition) is 18. The number of benzene rings is 6. The molecule has 6 aromatic carbocycles. The summed E-state index contributed by atoms with van der Waals surface area (Å²) in [6.45, 7) is 0. The normalized spacial score (nSPS) is 10.2. The van der Waals surface area contributed by atoms with E-state index in [4.69, 9.17) is 0 Å². The van der Waals surface area contributed by atoms with Crippen LogP contribution in [0.1, 0.15) is 41.4 Å². The van der Waals surface area contributed by atoms with Gasteiger partial charge < -0.3 is 48.7 Å². The molecule has 0 fully saturated rings. The minimum Gasteiger partial charge on any atom is -0.744 e. The number of carboxylic acid groups (broad SMARTS) is 4. The number of aromatic nitrogens is 4. The van der Waals surface area contributed by atoms with Crippen molar-refractivity contribution in [1.82, 2.24) is 19.9 Å². The number of hydrogen-bond donors (Lipinski definition) is 0. The average molecular weight is 1300 g/mol. The van der Waals surface area contributed by atoms with E-state index >= 15 is 0 Å². The second-order valence-corrected chi connectivity index (χ2v) is 16.9. The van der Waals surface area contributed by atoms with E-state index in [1.54, 1.807) is 61.2 Å². The van der Waals surface area contributed by atoms with Crippen molar-refractivity contribution in [3.63, 3.8) is 0 Å². The van der Waals surface area contributed by atoms with E-state index < -0.39 is 65.0 Å². The van der Waals surface area contributed by atoms with Gasteiger partial charge in [0.15, 0.2) is 0 Å². The third-order valence-corrected chi connectivity index (χ3v) is 11.3. The molecule has 370 valence electrons. The SMILES string of the molecule is O=C([O-])c1ccccc1.O=C([O-])c1ccccc1.O=C([O-])c1ccccc1S(=O)(=O)[O-].O=C([O-])c1ccccc1S(=O)(=O)[O-].[Sm+3].[Sm+3].c1cnc2c(c1)ccc1cccnc12.c1cnc2c(c1)ccc1cccnc12. The van der Waals surface area contributed by atoms with Gasteiger partial charge in [0.1, 0.15) is 20.2 Å². The van der Waals surface area contributed by atoms with Crippen molar-refractivity contribution in [1.29, 1.82) is 0 Å². The maximum Gasteiger partial charge on any atom is 3.00 e. The molecule has 0 N–H and O–H groups in total. The first kappa shape index (κ1) is 61.6. The molecule has 22 heteroatoms. The molecule has 10 rings (SSSR count). The molecule has 0 unspecified atom stereocenters. The van der Waals surface area contributed by atoms with Crippen LogP contribution in [-0.4, -0.2) is 69.8 Å². The maximum absolute atomic E-state index is 10.5. The zero-order valence-electron chi connectivity index (χ0n) is 37.8. The summed E-state index contributed by atoms with van der Waals surface area (Å²) in [5.74, 6) is -5.63. The molecule has 4 heterocycles. The van der Waals surface area contributed by atoms with Gasteiger partial charge >= 0.3 is 80.8 Å². The van der Waals surface area contributed by atoms with Crippen LogP contribution in [0.15, 0.2) is 217 Å². The molecular weight excluding hydrogens is 1270 g/mol. The smallest absolute Gasteiger partial charge is 0.744 e. The molecule has 18 nitrogen and oxygen atoms in total. The summed E-state index contributed by atoms with van der Waals surface area (Å²) < 4.78 is 63.1. The van der Waals surface area contributed by atoms with Gasteiger partial charge in [0, 0.05) is 57.5 Å². The topological polar surface area (TPSA) is 326 Å². The van der Waals surface area contributed by atoms with E-state index in [1.807, 2.05) is 24.3 Å². The third-order valence-electron chi connectivity index (χ3n) is 9.46. The molecule has 2 radical (unpaired) electrons. The molecular formula is C52H34N4O14S2Sm2. The Morgan fingerprint density at radius 1 is 0.311 bits per heavy atom. The summed E-state index contributed by atoms with van der Waals surface area (Å²) in [5.41, 5.74) is 3.12. The van der Waals surface area contributed by atoms with Gasteiger partial charge in [0.25, 0.3) is 0 Å². The van der Waals surface area contributed by atoms with Gasteiger partial charge in [-0.1, -0.05) is 146 Å². The Labute approximate surface area is 487 Å². The molecule has 0 aliphatic heterocycles. The van der Waals surface area contributed by atoms with Gasteiger partial charge in [-0.2, -0.15) is 0 Å². The summed E-state index contributed by atoms with van der Waals surface area (Å²) >= 11 is 0. The molecule has 0 aliphatic carbocycles. The molecule has 74 heavy (non-hydrogen) atoms. The van der Waals surface area contributed by atoms with Crippen LogP contribution in [0.25, 0.3) is 43.6 Å². The second-order valence-electron chi connectivity index (χ2n) is 14.2. The monoisotopic (exact) mass is 1310 g/mol. The predicted octanol–water partition coefficient (Wildman–Crippen LogP) is 3.57. The third kappa shape index (κ3) is 18.4. The van der Waals surface area contributed by atoms with Crippen molar-refractivity contribution < 1.29 is 146 Å². The Balaban J connectivity index is 0.000000235. The van der Waals surface area contributed by atoms with Crippen LogP contribution in [0.5, 0.6) is 0 Å². The van der Waals surface area contributed by atoms with Gasteiger partial charge in [-0.3, -0.25) is 19.9 Å². The van der Waals surface area contributed by atoms with Crippen molar-refractivity contribution in [3.8, 4) is 0 Å². The van der Waals surface area contributed by atoms with Crippen molar-refractivity contribution in [3.05, 3.63) is 229 Å². The molecule has 0 amide bonds. The molecule has 0 saturated heterocycles. The molecule has 10 aromatic rings. The quantitative estimate of drug-likeness (QED) is 0.170. The van der Waals surface area contributed by atoms with E-state index in [0.717, 1.165) is 67.9 Å². The Morgan fingerprint density at radius 2 is 0.554 bits per heavy atom. The zero-order chi connectivity index (χ0) is 52.3. The van der Waals surface area contributed by atoms with Crippen LogP contribution >= 0.6 is 0 Å². The predicted molar refractivity (Wildman–Crippen MR) is 253 cm³/mol. The van der Waals surface area contributed by atoms with Gasteiger partial charge in [-0.05, 0) is 47.5 Å². The largest absolute Gasteiger partial charge is 3.00 e. The summed E-state index contributed by atoms with van der Waals surface area (Å²) in [7, 11) is -9.50. The fourth-order valence-electron chi connectivity index (χ4n) is 6.21. The van der Waals surface area contributed by atoms with Crippen LogP contribution < -0.4 is 20.4 Å². The summed E-state index contributed by atoms with van der Waals surface area (Å²) in [5, 5.41) is 45.4. The number of aromatic carboxylic acids is 4. The minimum absolute atomic E-state index is 0. The Bertz CT molecular complexity index is 3390. The Hall–Kier alpha value is -6.66. The minimum atomic E-state index is -4.75. The van der Waals surface area contributed by atoms with Gasteiger partial charge in [-0.15, -0.1) is 0 Å². The number of pyridine rings is 4. The maximum atomic E-state index is 10.5. The molecule has 0 saturated carbocycles. The molecule has 4 aromatic heterocycles. The Kier molecular flexibility index (Phi) is 24.9. The summed E-state index contributed by atoms with van der Waals surface area (Å²) in [6.07, 6.45) is 7.21. The van der Waals surface area contributed by atoms with Crippen LogP contribution in [0.4, 0.5) is 0 Å². The number of carbonyl (C=O) groups is 4. The number of carbonyl (C=O) groups excluding carboxylic acids is 4. The average Bonchev–Trinajstić information content (AvgIpc) is 3.39. The van der Waals surface area contributed by atoms with Crippen LogP contribution in [0.3, 0.4) is 0 Å². The number of rotatable bonds is 6. The van der Waals surface area contributed by atoms with E-state index in [9.17, 15) is 65.5 Å². The van der Waals surface area contributed by atoms with Gasteiger partial charge in [-0.25, -0.2) is 16.8 Å². The molecule has 0 spiro atoms. The van der Waals surface area contributed by atoms with Gasteiger partial charge in [0.2, 0.25) is 0 Å². The van der Waals surface area contributed by atoms with Crippen molar-refractivity contribution in [2.24, 2.45) is 0 Å². The fraction of sp³-hybridized carbons (Fsp3) is 0. The van der Waals surface area contributed by atoms with Crippen molar-refractivity contribution in [2.75, 3.05) is 0 Å². The van der Waals surface area contributed by atoms with Crippen molar-refractivity contribution >= 4 is 87.7 Å². The first-order valence-electron chi connectivity index (χ1n) is 20.6. The standard InChI is InChI=1S/2C12H8N2.2C7H6O5S.2C7H6O2.2Sm/c2*1-3-9-5-6-10-4-2-8-14-12(10)11(9)13-7-1;2*8-7(9)5-3-1-2-4-6(5)13(10,11)12;2*8-7(9)6-4-2-1-3-5-6;;/h2*1-8H;2*1-4H,(H,8,9)(H,10,11,12);2*1-5H,(H,8,9);;/q;;;;;;2*+3/p-6. The van der Waals surface area contributed by atoms with E-state index in [1.165, 1.54) is 48.5 Å². The number of nitrogens with zero attached hydrogens (tertiary/aromatic N) is 4. The van der Waals surface area contributed by atoms with Crippen LogP contribution in [0.2, 0.25) is 0 Å². The molecule has 0 aliphatic rings. The Morgan fingerprint density at radius 3 is 0.757 bits per heavy atom. The van der Waals surface area contributed by atoms with E-state index in [2.05, 4.69) is 68.5 Å². The summed E-state index contributed by atoms with van der Waals surface area (Å²) in [6, 6.07) is 49.4. The number of fused-ring (bicyclic) bond motifs is 6.